The first-order chi connectivity index (χ1) is 9.63. The lowest BCUT2D eigenvalue weighted by atomic mass is 10.1. The lowest BCUT2D eigenvalue weighted by molar-refractivity contribution is -0.384. The second kappa shape index (κ2) is 5.38. The molecule has 0 amide bonds. The van der Waals surface area contributed by atoms with Crippen LogP contribution in [0.5, 0.6) is 0 Å². The van der Waals surface area contributed by atoms with Crippen molar-refractivity contribution in [3.8, 4) is 0 Å². The molecular formula is C14H20N4O2. The molecule has 1 saturated heterocycles. The fourth-order valence-electron chi connectivity index (χ4n) is 2.81. The molecule has 0 aromatic heterocycles. The molecule has 0 spiro atoms. The number of piperazine rings is 1. The van der Waals surface area contributed by atoms with Crippen LogP contribution in [0.1, 0.15) is 18.4 Å². The third-order valence-electron chi connectivity index (χ3n) is 4.20. The number of anilines is 1. The molecule has 2 aliphatic rings. The van der Waals surface area contributed by atoms with Crippen molar-refractivity contribution in [2.24, 2.45) is 0 Å². The molecule has 20 heavy (non-hydrogen) atoms. The largest absolute Gasteiger partial charge is 0.398 e. The van der Waals surface area contributed by atoms with Crippen molar-refractivity contribution in [1.82, 2.24) is 9.80 Å². The minimum Gasteiger partial charge on any atom is -0.398 e. The van der Waals surface area contributed by atoms with E-state index in [0.29, 0.717) is 12.2 Å². The molecule has 0 radical (unpaired) electrons. The van der Waals surface area contributed by atoms with Gasteiger partial charge in [0.05, 0.1) is 4.92 Å². The van der Waals surface area contributed by atoms with Gasteiger partial charge in [0.2, 0.25) is 0 Å². The summed E-state index contributed by atoms with van der Waals surface area (Å²) in [7, 11) is 0. The van der Waals surface area contributed by atoms with Crippen molar-refractivity contribution in [3.05, 3.63) is 33.9 Å². The molecule has 108 valence electrons. The molecular weight excluding hydrogens is 256 g/mol. The fraction of sp³-hybridized carbons (Fsp3) is 0.571. The van der Waals surface area contributed by atoms with Crippen molar-refractivity contribution >= 4 is 11.4 Å². The molecule has 1 aliphatic carbocycles. The number of hydrogen-bond acceptors (Lipinski definition) is 5. The minimum atomic E-state index is -0.367. The van der Waals surface area contributed by atoms with Crippen LogP contribution in [0.15, 0.2) is 18.2 Å². The zero-order chi connectivity index (χ0) is 14.1. The number of nitro groups is 1. The first kappa shape index (κ1) is 13.3. The van der Waals surface area contributed by atoms with Crippen LogP contribution < -0.4 is 5.73 Å². The van der Waals surface area contributed by atoms with Crippen molar-refractivity contribution < 1.29 is 4.92 Å². The van der Waals surface area contributed by atoms with Crippen molar-refractivity contribution in [2.75, 3.05) is 31.9 Å². The molecule has 2 fully saturated rings. The van der Waals surface area contributed by atoms with Crippen LogP contribution >= 0.6 is 0 Å². The zero-order valence-corrected chi connectivity index (χ0v) is 11.5. The molecule has 1 saturated carbocycles. The van der Waals surface area contributed by atoms with E-state index in [9.17, 15) is 10.1 Å². The maximum Gasteiger partial charge on any atom is 0.269 e. The van der Waals surface area contributed by atoms with Crippen LogP contribution in [-0.2, 0) is 6.54 Å². The first-order valence-electron chi connectivity index (χ1n) is 7.12. The van der Waals surface area contributed by atoms with Crippen LogP contribution in [0.25, 0.3) is 0 Å². The molecule has 1 aromatic carbocycles. The molecule has 0 bridgehead atoms. The second-order valence-corrected chi connectivity index (χ2v) is 5.68. The fourth-order valence-corrected chi connectivity index (χ4v) is 2.81. The number of nitrogen functional groups attached to an aromatic ring is 1. The monoisotopic (exact) mass is 276 g/mol. The van der Waals surface area contributed by atoms with Gasteiger partial charge in [-0.3, -0.25) is 19.9 Å². The van der Waals surface area contributed by atoms with Crippen LogP contribution in [0.2, 0.25) is 0 Å². The highest BCUT2D eigenvalue weighted by molar-refractivity contribution is 5.52. The summed E-state index contributed by atoms with van der Waals surface area (Å²) in [6.45, 7) is 4.92. The average molecular weight is 276 g/mol. The lowest BCUT2D eigenvalue weighted by Gasteiger charge is -2.34. The quantitative estimate of drug-likeness (QED) is 0.512. The summed E-state index contributed by atoms with van der Waals surface area (Å²) in [5.74, 6) is 0. The summed E-state index contributed by atoms with van der Waals surface area (Å²) in [4.78, 5) is 15.3. The Morgan fingerprint density at radius 1 is 1.25 bits per heavy atom. The van der Waals surface area contributed by atoms with E-state index in [0.717, 1.165) is 37.8 Å². The second-order valence-electron chi connectivity index (χ2n) is 5.68. The third kappa shape index (κ3) is 2.91. The summed E-state index contributed by atoms with van der Waals surface area (Å²) in [5, 5.41) is 10.8. The summed E-state index contributed by atoms with van der Waals surface area (Å²) in [6.07, 6.45) is 2.69. The molecule has 6 heteroatoms. The van der Waals surface area contributed by atoms with Gasteiger partial charge in [0.1, 0.15) is 0 Å². The number of non-ortho nitro benzene ring substituents is 1. The van der Waals surface area contributed by atoms with E-state index >= 15 is 0 Å². The smallest absolute Gasteiger partial charge is 0.269 e. The molecule has 1 heterocycles. The van der Waals surface area contributed by atoms with E-state index in [-0.39, 0.29) is 10.6 Å². The van der Waals surface area contributed by atoms with Gasteiger partial charge in [-0.1, -0.05) is 0 Å². The number of nitrogens with two attached hydrogens (primary N) is 1. The zero-order valence-electron chi connectivity index (χ0n) is 11.5. The highest BCUT2D eigenvalue weighted by Gasteiger charge is 2.31. The van der Waals surface area contributed by atoms with Gasteiger partial charge in [-0.05, 0) is 24.5 Å². The van der Waals surface area contributed by atoms with Crippen molar-refractivity contribution in [1.29, 1.82) is 0 Å². The Labute approximate surface area is 118 Å². The molecule has 0 unspecified atom stereocenters. The Morgan fingerprint density at radius 2 is 1.95 bits per heavy atom. The Morgan fingerprint density at radius 3 is 2.55 bits per heavy atom. The number of nitrogens with zero attached hydrogens (tertiary/aromatic N) is 3. The Bertz CT molecular complexity index is 508. The van der Waals surface area contributed by atoms with Crippen LogP contribution in [0.3, 0.4) is 0 Å². The van der Waals surface area contributed by atoms with Gasteiger partial charge < -0.3 is 5.73 Å². The van der Waals surface area contributed by atoms with Crippen molar-refractivity contribution in [2.45, 2.75) is 25.4 Å². The standard InChI is InChI=1S/C14H20N4O2/c15-14-4-3-13(18(19)20)9-11(14)10-16-5-7-17(8-6-16)12-1-2-12/h3-4,9,12H,1-2,5-8,10,15H2. The Hall–Kier alpha value is -1.66. The number of nitro benzene ring substituents is 1. The topological polar surface area (TPSA) is 75.6 Å². The van der Waals surface area contributed by atoms with E-state index in [1.807, 2.05) is 0 Å². The van der Waals surface area contributed by atoms with Gasteiger partial charge in [0.15, 0.2) is 0 Å². The van der Waals surface area contributed by atoms with Gasteiger partial charge in [-0.2, -0.15) is 0 Å². The normalized spacial score (nSPS) is 21.0. The summed E-state index contributed by atoms with van der Waals surface area (Å²) >= 11 is 0. The Balaban J connectivity index is 1.62. The molecule has 2 N–H and O–H groups in total. The molecule has 0 atom stereocenters. The van der Waals surface area contributed by atoms with Crippen LogP contribution in [-0.4, -0.2) is 46.9 Å². The highest BCUT2D eigenvalue weighted by atomic mass is 16.6. The van der Waals surface area contributed by atoms with Gasteiger partial charge >= 0.3 is 0 Å². The van der Waals surface area contributed by atoms with Crippen molar-refractivity contribution in [3.63, 3.8) is 0 Å². The predicted octanol–water partition coefficient (Wildman–Crippen LogP) is 1.46. The van der Waals surface area contributed by atoms with Gasteiger partial charge in [-0.15, -0.1) is 0 Å². The Kier molecular flexibility index (Phi) is 3.58. The maximum absolute atomic E-state index is 10.8. The molecule has 6 nitrogen and oxygen atoms in total. The molecule has 1 aromatic rings. The number of benzene rings is 1. The summed E-state index contributed by atoms with van der Waals surface area (Å²) in [6, 6.07) is 5.51. The van der Waals surface area contributed by atoms with Gasteiger partial charge in [0.25, 0.3) is 5.69 Å². The first-order valence-corrected chi connectivity index (χ1v) is 7.12. The van der Waals surface area contributed by atoms with E-state index in [1.165, 1.54) is 18.9 Å². The predicted molar refractivity (Wildman–Crippen MR) is 77.4 cm³/mol. The minimum absolute atomic E-state index is 0.116. The molecule has 1 aliphatic heterocycles. The van der Waals surface area contributed by atoms with E-state index in [1.54, 1.807) is 12.1 Å². The highest BCUT2D eigenvalue weighted by Crippen LogP contribution is 2.28. The van der Waals surface area contributed by atoms with E-state index < -0.39 is 0 Å². The lowest BCUT2D eigenvalue weighted by Crippen LogP contribution is -2.46. The van der Waals surface area contributed by atoms with E-state index in [4.69, 9.17) is 5.73 Å². The molecule has 3 rings (SSSR count). The van der Waals surface area contributed by atoms with Crippen LogP contribution in [0, 0.1) is 10.1 Å². The van der Waals surface area contributed by atoms with Gasteiger partial charge in [-0.25, -0.2) is 0 Å². The van der Waals surface area contributed by atoms with Gasteiger partial charge in [0, 0.05) is 56.6 Å². The summed E-state index contributed by atoms with van der Waals surface area (Å²) < 4.78 is 0. The number of hydrogen-bond donors (Lipinski definition) is 1. The van der Waals surface area contributed by atoms with E-state index in [2.05, 4.69) is 9.80 Å². The van der Waals surface area contributed by atoms with Crippen LogP contribution in [0.4, 0.5) is 11.4 Å². The summed E-state index contributed by atoms with van der Waals surface area (Å²) in [5.41, 5.74) is 7.55. The maximum atomic E-state index is 10.8. The number of rotatable bonds is 4. The SMILES string of the molecule is Nc1ccc([N+](=O)[O-])cc1CN1CCN(C2CC2)CC1. The average Bonchev–Trinajstić information content (AvgIpc) is 3.26. The third-order valence-corrected chi connectivity index (χ3v) is 4.20.